The molecule has 1 aromatic carbocycles. The molecule has 0 N–H and O–H groups in total. The predicted octanol–water partition coefficient (Wildman–Crippen LogP) is 2.58. The Kier molecular flexibility index (Phi) is 4.59. The zero-order chi connectivity index (χ0) is 17.4. The van der Waals surface area contributed by atoms with Crippen LogP contribution >= 0.6 is 11.6 Å². The minimum Gasteiger partial charge on any atom is -0.484 e. The maximum Gasteiger partial charge on any atom is 0.260 e. The molecule has 0 radical (unpaired) electrons. The van der Waals surface area contributed by atoms with Crippen molar-refractivity contribution in [2.75, 3.05) is 26.2 Å². The van der Waals surface area contributed by atoms with Crippen LogP contribution in [0.1, 0.15) is 25.7 Å². The first-order valence-corrected chi connectivity index (χ1v) is 9.44. The van der Waals surface area contributed by atoms with Gasteiger partial charge in [0.05, 0.1) is 5.92 Å². The fraction of sp³-hybridized carbons (Fsp3) is 0.579. The van der Waals surface area contributed by atoms with Crippen molar-refractivity contribution in [1.82, 2.24) is 9.80 Å². The highest BCUT2D eigenvalue weighted by molar-refractivity contribution is 6.30. The fourth-order valence-corrected chi connectivity index (χ4v) is 4.04. The van der Waals surface area contributed by atoms with E-state index in [1.807, 2.05) is 4.90 Å². The molecule has 1 aliphatic carbocycles. The molecule has 5 nitrogen and oxygen atoms in total. The number of benzene rings is 1. The summed E-state index contributed by atoms with van der Waals surface area (Å²) in [5.41, 5.74) is 0. The highest BCUT2D eigenvalue weighted by Gasteiger charge is 2.43. The normalized spacial score (nSPS) is 25.9. The van der Waals surface area contributed by atoms with Crippen LogP contribution in [0.4, 0.5) is 0 Å². The molecular weight excluding hydrogens is 340 g/mol. The van der Waals surface area contributed by atoms with E-state index in [4.69, 9.17) is 16.3 Å². The third-order valence-electron chi connectivity index (χ3n) is 5.46. The molecule has 0 unspecified atom stereocenters. The SMILES string of the molecule is O=C(COc1cccc(Cl)c1)N1C[C@H]2CC[C@@H](C1)N(CC1CC1)C2=O. The van der Waals surface area contributed by atoms with Crippen LogP contribution in [0.15, 0.2) is 24.3 Å². The molecule has 2 atom stereocenters. The Balaban J connectivity index is 1.39. The van der Waals surface area contributed by atoms with Gasteiger partial charge in [-0.25, -0.2) is 0 Å². The Morgan fingerprint density at radius 3 is 2.80 bits per heavy atom. The van der Waals surface area contributed by atoms with Gasteiger partial charge in [0.25, 0.3) is 5.91 Å². The molecular formula is C19H23ClN2O3. The molecule has 3 heterocycles. The van der Waals surface area contributed by atoms with Crippen LogP contribution in [0.25, 0.3) is 0 Å². The Morgan fingerprint density at radius 2 is 2.04 bits per heavy atom. The molecule has 25 heavy (non-hydrogen) atoms. The van der Waals surface area contributed by atoms with Gasteiger partial charge in [-0.15, -0.1) is 0 Å². The van der Waals surface area contributed by atoms with E-state index in [1.54, 1.807) is 24.3 Å². The van der Waals surface area contributed by atoms with Crippen molar-refractivity contribution in [2.45, 2.75) is 31.7 Å². The molecule has 0 spiro atoms. The summed E-state index contributed by atoms with van der Waals surface area (Å²) < 4.78 is 5.59. The summed E-state index contributed by atoms with van der Waals surface area (Å²) in [7, 11) is 0. The smallest absolute Gasteiger partial charge is 0.260 e. The Morgan fingerprint density at radius 1 is 1.20 bits per heavy atom. The van der Waals surface area contributed by atoms with Gasteiger partial charge in [0, 0.05) is 30.7 Å². The quantitative estimate of drug-likeness (QED) is 0.809. The molecule has 4 fully saturated rings. The number of hydrogen-bond acceptors (Lipinski definition) is 3. The van der Waals surface area contributed by atoms with E-state index in [0.717, 1.165) is 19.4 Å². The zero-order valence-corrected chi connectivity index (χ0v) is 15.0. The first-order chi connectivity index (χ1) is 12.1. The van der Waals surface area contributed by atoms with Crippen LogP contribution in [0.2, 0.25) is 5.02 Å². The third-order valence-corrected chi connectivity index (χ3v) is 5.69. The van der Waals surface area contributed by atoms with E-state index >= 15 is 0 Å². The van der Waals surface area contributed by atoms with E-state index in [-0.39, 0.29) is 30.4 Å². The number of hydrogen-bond donors (Lipinski definition) is 0. The lowest BCUT2D eigenvalue weighted by molar-refractivity contribution is -0.140. The fourth-order valence-electron chi connectivity index (χ4n) is 3.86. The number of halogens is 1. The molecule has 3 saturated heterocycles. The van der Waals surface area contributed by atoms with Gasteiger partial charge >= 0.3 is 0 Å². The van der Waals surface area contributed by atoms with Gasteiger partial charge in [-0.3, -0.25) is 9.59 Å². The highest BCUT2D eigenvalue weighted by atomic mass is 35.5. The van der Waals surface area contributed by atoms with Gasteiger partial charge in [-0.2, -0.15) is 0 Å². The number of ether oxygens (including phenoxy) is 1. The number of nitrogens with zero attached hydrogens (tertiary/aromatic N) is 2. The van der Waals surface area contributed by atoms with Crippen molar-refractivity contribution in [1.29, 1.82) is 0 Å². The highest BCUT2D eigenvalue weighted by Crippen LogP contribution is 2.35. The lowest BCUT2D eigenvalue weighted by Crippen LogP contribution is -2.49. The van der Waals surface area contributed by atoms with Crippen LogP contribution in [0, 0.1) is 11.8 Å². The van der Waals surface area contributed by atoms with Gasteiger partial charge in [0.2, 0.25) is 5.91 Å². The maximum absolute atomic E-state index is 12.7. The molecule has 2 amide bonds. The maximum atomic E-state index is 12.7. The average Bonchev–Trinajstić information content (AvgIpc) is 3.43. The monoisotopic (exact) mass is 362 g/mol. The number of fused-ring (bicyclic) bond motifs is 4. The number of carbonyl (C=O) groups is 2. The summed E-state index contributed by atoms with van der Waals surface area (Å²) in [5, 5.41) is 0.582. The lowest BCUT2D eigenvalue weighted by Gasteiger charge is -2.36. The summed E-state index contributed by atoms with van der Waals surface area (Å²) in [6.45, 7) is 2.01. The van der Waals surface area contributed by atoms with E-state index < -0.39 is 0 Å². The Hall–Kier alpha value is -1.75. The standard InChI is InChI=1S/C19H23ClN2O3/c20-15-2-1-3-17(8-15)25-12-18(23)21-10-14-6-7-16(11-21)22(19(14)24)9-13-4-5-13/h1-3,8,13-14,16H,4-7,9-12H2/t14-,16+/m1/s1. The zero-order valence-electron chi connectivity index (χ0n) is 14.2. The van der Waals surface area contributed by atoms with E-state index in [1.165, 1.54) is 12.8 Å². The summed E-state index contributed by atoms with van der Waals surface area (Å²) >= 11 is 5.94. The van der Waals surface area contributed by atoms with Crippen LogP contribution in [-0.4, -0.2) is 53.9 Å². The predicted molar refractivity (Wildman–Crippen MR) is 94.5 cm³/mol. The second-order valence-corrected chi connectivity index (χ2v) is 7.84. The molecule has 0 aromatic heterocycles. The number of piperidine rings is 1. The summed E-state index contributed by atoms with van der Waals surface area (Å²) in [6.07, 6.45) is 4.36. The van der Waals surface area contributed by atoms with E-state index in [0.29, 0.717) is 29.8 Å². The van der Waals surface area contributed by atoms with Crippen LogP contribution < -0.4 is 4.74 Å². The minimum absolute atomic E-state index is 0.0173. The molecule has 4 aliphatic rings. The molecule has 1 saturated carbocycles. The molecule has 1 aromatic rings. The number of rotatable bonds is 5. The molecule has 5 rings (SSSR count). The van der Waals surface area contributed by atoms with E-state index in [9.17, 15) is 9.59 Å². The lowest BCUT2D eigenvalue weighted by atomic mass is 9.94. The van der Waals surface area contributed by atoms with Crippen LogP contribution in [0.3, 0.4) is 0 Å². The second-order valence-electron chi connectivity index (χ2n) is 7.41. The molecule has 134 valence electrons. The molecule has 2 bridgehead atoms. The average molecular weight is 363 g/mol. The first-order valence-electron chi connectivity index (χ1n) is 9.07. The Labute approximate surface area is 152 Å². The number of carbonyl (C=O) groups excluding carboxylic acids is 2. The summed E-state index contributed by atoms with van der Waals surface area (Å²) in [4.78, 5) is 29.2. The van der Waals surface area contributed by atoms with Gasteiger partial charge in [0.1, 0.15) is 5.75 Å². The summed E-state index contributed by atoms with van der Waals surface area (Å²) in [6, 6.07) is 7.21. The van der Waals surface area contributed by atoms with Crippen LogP contribution in [-0.2, 0) is 9.59 Å². The van der Waals surface area contributed by atoms with E-state index in [2.05, 4.69) is 4.90 Å². The second kappa shape index (κ2) is 6.87. The molecule has 6 heteroatoms. The van der Waals surface area contributed by atoms with Gasteiger partial charge < -0.3 is 14.5 Å². The third kappa shape index (κ3) is 3.76. The van der Waals surface area contributed by atoms with Gasteiger partial charge in [-0.1, -0.05) is 17.7 Å². The number of amides is 2. The first kappa shape index (κ1) is 16.7. The van der Waals surface area contributed by atoms with Crippen LogP contribution in [0.5, 0.6) is 5.75 Å². The van der Waals surface area contributed by atoms with Gasteiger partial charge in [-0.05, 0) is 49.8 Å². The molecule has 3 aliphatic heterocycles. The van der Waals surface area contributed by atoms with Crippen molar-refractivity contribution in [3.8, 4) is 5.75 Å². The largest absolute Gasteiger partial charge is 0.484 e. The minimum atomic E-state index is -0.0575. The topological polar surface area (TPSA) is 49.9 Å². The Bertz CT molecular complexity index is 676. The van der Waals surface area contributed by atoms with Crippen molar-refractivity contribution in [2.24, 2.45) is 11.8 Å². The van der Waals surface area contributed by atoms with Crippen molar-refractivity contribution < 1.29 is 14.3 Å². The van der Waals surface area contributed by atoms with Crippen molar-refractivity contribution in [3.05, 3.63) is 29.3 Å². The van der Waals surface area contributed by atoms with Gasteiger partial charge in [0.15, 0.2) is 6.61 Å². The summed E-state index contributed by atoms with van der Waals surface area (Å²) in [5.74, 6) is 1.41. The van der Waals surface area contributed by atoms with Crippen molar-refractivity contribution >= 4 is 23.4 Å². The van der Waals surface area contributed by atoms with Crippen molar-refractivity contribution in [3.63, 3.8) is 0 Å².